The smallest absolute Gasteiger partial charge is 0.119 e. The Morgan fingerprint density at radius 1 is 0.800 bits per heavy atom. The Labute approximate surface area is 184 Å². The molecule has 3 nitrogen and oxygen atoms in total. The van der Waals surface area contributed by atoms with E-state index in [-0.39, 0.29) is 5.75 Å². The molecule has 156 valence electrons. The molecule has 0 atom stereocenters. The highest BCUT2D eigenvalue weighted by atomic mass is 35.5. The Bertz CT molecular complexity index is 949. The molecule has 0 saturated carbocycles. The van der Waals surface area contributed by atoms with E-state index in [9.17, 15) is 5.11 Å². The van der Waals surface area contributed by atoms with Gasteiger partial charge in [-0.1, -0.05) is 66.2 Å². The molecule has 3 rings (SSSR count). The van der Waals surface area contributed by atoms with Crippen LogP contribution in [0.2, 0.25) is 0 Å². The lowest BCUT2D eigenvalue weighted by molar-refractivity contribution is 0.293. The summed E-state index contributed by atoms with van der Waals surface area (Å²) in [6, 6.07) is 25.0. The number of unbranched alkanes of at least 4 members (excludes halogenated alkanes) is 1. The SMILES string of the molecule is CN(C)CCCCOc1ccc(/C(=C(\Cl)c2ccccc2)c2ccc(O)cc2)cc1. The molecule has 0 fully saturated rings. The summed E-state index contributed by atoms with van der Waals surface area (Å²) in [5.41, 5.74) is 3.80. The first-order valence-electron chi connectivity index (χ1n) is 10.2. The Balaban J connectivity index is 1.83. The predicted molar refractivity (Wildman–Crippen MR) is 126 cm³/mol. The molecule has 0 amide bonds. The monoisotopic (exact) mass is 421 g/mol. The second kappa shape index (κ2) is 10.9. The van der Waals surface area contributed by atoms with Crippen LogP contribution >= 0.6 is 11.6 Å². The molecule has 0 saturated heterocycles. The largest absolute Gasteiger partial charge is 0.508 e. The van der Waals surface area contributed by atoms with Crippen LogP contribution in [0.15, 0.2) is 78.9 Å². The van der Waals surface area contributed by atoms with Crippen molar-refractivity contribution in [2.75, 3.05) is 27.2 Å². The van der Waals surface area contributed by atoms with Crippen molar-refractivity contribution in [1.82, 2.24) is 4.90 Å². The third kappa shape index (κ3) is 6.12. The van der Waals surface area contributed by atoms with Gasteiger partial charge in [0.05, 0.1) is 11.6 Å². The van der Waals surface area contributed by atoms with Gasteiger partial charge >= 0.3 is 0 Å². The number of nitrogens with zero attached hydrogens (tertiary/aromatic N) is 1. The van der Waals surface area contributed by atoms with Gasteiger partial charge in [-0.05, 0) is 74.4 Å². The Morgan fingerprint density at radius 3 is 2.00 bits per heavy atom. The Hall–Kier alpha value is -2.75. The van der Waals surface area contributed by atoms with Gasteiger partial charge in [0, 0.05) is 5.57 Å². The van der Waals surface area contributed by atoms with E-state index in [4.69, 9.17) is 16.3 Å². The van der Waals surface area contributed by atoms with Crippen molar-refractivity contribution in [2.45, 2.75) is 12.8 Å². The standard InChI is InChI=1S/C26H28ClNO2/c1-28(2)18-6-7-19-30-24-16-12-21(13-17-24)25(20-10-14-23(29)15-11-20)26(27)22-8-4-3-5-9-22/h3-5,8-17,29H,6-7,18-19H2,1-2H3/b26-25-. The molecule has 30 heavy (non-hydrogen) atoms. The molecule has 4 heteroatoms. The first-order valence-corrected chi connectivity index (χ1v) is 10.5. The fourth-order valence-corrected chi connectivity index (χ4v) is 3.56. The van der Waals surface area contributed by atoms with Gasteiger partial charge in [-0.3, -0.25) is 0 Å². The second-order valence-corrected chi connectivity index (χ2v) is 7.86. The normalized spacial score (nSPS) is 12.0. The van der Waals surface area contributed by atoms with Crippen LogP contribution in [0.25, 0.3) is 10.6 Å². The number of rotatable bonds is 9. The van der Waals surface area contributed by atoms with Crippen LogP contribution < -0.4 is 4.74 Å². The van der Waals surface area contributed by atoms with E-state index < -0.39 is 0 Å². The summed E-state index contributed by atoms with van der Waals surface area (Å²) in [4.78, 5) is 2.18. The van der Waals surface area contributed by atoms with Crippen LogP contribution in [0.5, 0.6) is 11.5 Å². The number of benzene rings is 3. The zero-order valence-electron chi connectivity index (χ0n) is 17.5. The van der Waals surface area contributed by atoms with Gasteiger partial charge in [-0.15, -0.1) is 0 Å². The summed E-state index contributed by atoms with van der Waals surface area (Å²) < 4.78 is 5.89. The lowest BCUT2D eigenvalue weighted by Gasteiger charge is -2.14. The van der Waals surface area contributed by atoms with E-state index in [1.54, 1.807) is 12.1 Å². The molecule has 0 heterocycles. The lowest BCUT2D eigenvalue weighted by atomic mass is 9.95. The highest BCUT2D eigenvalue weighted by molar-refractivity contribution is 6.53. The van der Waals surface area contributed by atoms with Crippen molar-refractivity contribution in [3.63, 3.8) is 0 Å². The summed E-state index contributed by atoms with van der Waals surface area (Å²) in [5.74, 6) is 1.08. The minimum atomic E-state index is 0.229. The van der Waals surface area contributed by atoms with Gasteiger partial charge in [0.15, 0.2) is 0 Å². The van der Waals surface area contributed by atoms with Crippen molar-refractivity contribution in [3.05, 3.63) is 95.6 Å². The van der Waals surface area contributed by atoms with E-state index in [0.29, 0.717) is 11.6 Å². The van der Waals surface area contributed by atoms with E-state index in [0.717, 1.165) is 47.4 Å². The van der Waals surface area contributed by atoms with Crippen LogP contribution in [0, 0.1) is 0 Å². The molecule has 0 aromatic heterocycles. The van der Waals surface area contributed by atoms with Crippen molar-refractivity contribution < 1.29 is 9.84 Å². The minimum Gasteiger partial charge on any atom is -0.508 e. The van der Waals surface area contributed by atoms with Gasteiger partial charge in [-0.2, -0.15) is 0 Å². The molecule has 0 bridgehead atoms. The molecular formula is C26H28ClNO2. The van der Waals surface area contributed by atoms with Crippen LogP contribution in [0.4, 0.5) is 0 Å². The average Bonchev–Trinajstić information content (AvgIpc) is 2.76. The summed E-state index contributed by atoms with van der Waals surface area (Å²) >= 11 is 6.85. The van der Waals surface area contributed by atoms with Crippen molar-refractivity contribution in [2.24, 2.45) is 0 Å². The first kappa shape index (κ1) is 21.9. The molecule has 3 aromatic rings. The average molecular weight is 422 g/mol. The molecule has 3 aromatic carbocycles. The van der Waals surface area contributed by atoms with Crippen molar-refractivity contribution in [3.8, 4) is 11.5 Å². The van der Waals surface area contributed by atoms with E-state index in [1.807, 2.05) is 66.7 Å². The molecule has 0 radical (unpaired) electrons. The molecular weight excluding hydrogens is 394 g/mol. The zero-order chi connectivity index (χ0) is 21.3. The predicted octanol–water partition coefficient (Wildman–Crippen LogP) is 6.27. The third-order valence-corrected chi connectivity index (χ3v) is 5.22. The minimum absolute atomic E-state index is 0.229. The van der Waals surface area contributed by atoms with Crippen molar-refractivity contribution >= 4 is 22.2 Å². The van der Waals surface area contributed by atoms with Gasteiger partial charge in [-0.25, -0.2) is 0 Å². The van der Waals surface area contributed by atoms with Crippen molar-refractivity contribution in [1.29, 1.82) is 0 Å². The zero-order valence-corrected chi connectivity index (χ0v) is 18.3. The molecule has 0 aliphatic carbocycles. The Morgan fingerprint density at radius 2 is 1.40 bits per heavy atom. The molecule has 1 N–H and O–H groups in total. The maximum atomic E-state index is 9.68. The third-order valence-electron chi connectivity index (χ3n) is 4.81. The maximum absolute atomic E-state index is 9.68. The molecule has 0 unspecified atom stereocenters. The van der Waals surface area contributed by atoms with E-state index in [1.165, 1.54) is 0 Å². The van der Waals surface area contributed by atoms with Gasteiger partial charge in [0.25, 0.3) is 0 Å². The van der Waals surface area contributed by atoms with E-state index in [2.05, 4.69) is 19.0 Å². The highest BCUT2D eigenvalue weighted by Crippen LogP contribution is 2.36. The molecule has 0 spiro atoms. The number of hydrogen-bond donors (Lipinski definition) is 1. The number of hydrogen-bond acceptors (Lipinski definition) is 3. The summed E-state index contributed by atoms with van der Waals surface area (Å²) in [6.45, 7) is 1.78. The summed E-state index contributed by atoms with van der Waals surface area (Å²) in [7, 11) is 4.17. The van der Waals surface area contributed by atoms with Crippen LogP contribution in [0.1, 0.15) is 29.5 Å². The van der Waals surface area contributed by atoms with Gasteiger partial charge in [0.1, 0.15) is 11.5 Å². The first-order chi connectivity index (χ1) is 14.5. The summed E-state index contributed by atoms with van der Waals surface area (Å²) in [5, 5.41) is 10.3. The fourth-order valence-electron chi connectivity index (χ4n) is 3.21. The second-order valence-electron chi connectivity index (χ2n) is 7.49. The number of ether oxygens (including phenoxy) is 1. The molecule has 0 aliphatic heterocycles. The number of halogens is 1. The topological polar surface area (TPSA) is 32.7 Å². The van der Waals surface area contributed by atoms with Gasteiger partial charge < -0.3 is 14.7 Å². The maximum Gasteiger partial charge on any atom is 0.119 e. The quantitative estimate of drug-likeness (QED) is 0.326. The number of phenols is 1. The van der Waals surface area contributed by atoms with Crippen LogP contribution in [0.3, 0.4) is 0 Å². The van der Waals surface area contributed by atoms with E-state index >= 15 is 0 Å². The van der Waals surface area contributed by atoms with Crippen LogP contribution in [-0.2, 0) is 0 Å². The number of aromatic hydroxyl groups is 1. The Kier molecular flexibility index (Phi) is 7.95. The summed E-state index contributed by atoms with van der Waals surface area (Å²) in [6.07, 6.45) is 2.14. The number of phenolic OH excluding ortho intramolecular Hbond substituents is 1. The fraction of sp³-hybridized carbons (Fsp3) is 0.231. The highest BCUT2D eigenvalue weighted by Gasteiger charge is 2.13. The lowest BCUT2D eigenvalue weighted by Crippen LogP contribution is -2.13. The van der Waals surface area contributed by atoms with Crippen LogP contribution in [-0.4, -0.2) is 37.3 Å². The molecule has 0 aliphatic rings. The van der Waals surface area contributed by atoms with Gasteiger partial charge in [0.2, 0.25) is 0 Å².